The molecule has 1 atom stereocenters. The van der Waals surface area contributed by atoms with Gasteiger partial charge in [0.05, 0.1) is 38.1 Å². The third-order valence-electron chi connectivity index (χ3n) is 7.32. The van der Waals surface area contributed by atoms with Crippen LogP contribution in [-0.2, 0) is 20.9 Å². The molecule has 1 aliphatic rings. The van der Waals surface area contributed by atoms with Gasteiger partial charge in [-0.05, 0) is 67.8 Å². The molecule has 0 aliphatic carbocycles. The fourth-order valence-corrected chi connectivity index (χ4v) is 6.10. The number of aliphatic hydroxyl groups is 1. The summed E-state index contributed by atoms with van der Waals surface area (Å²) in [4.78, 5) is 45.9. The summed E-state index contributed by atoms with van der Waals surface area (Å²) in [6, 6.07) is 18.7. The Hall–Kier alpha value is -5.16. The second kappa shape index (κ2) is 13.2. The third-order valence-corrected chi connectivity index (χ3v) is 8.46. The molecule has 4 aromatic rings. The molecule has 2 heterocycles. The highest BCUT2D eigenvalue weighted by Gasteiger charge is 2.48. The van der Waals surface area contributed by atoms with E-state index in [1.54, 1.807) is 57.2 Å². The van der Waals surface area contributed by atoms with Crippen LogP contribution in [0.4, 0.5) is 5.13 Å². The van der Waals surface area contributed by atoms with Gasteiger partial charge in [-0.15, -0.1) is 0 Å². The summed E-state index contributed by atoms with van der Waals surface area (Å²) in [7, 11) is 2.97. The highest BCUT2D eigenvalue weighted by atomic mass is 32.1. The van der Waals surface area contributed by atoms with Gasteiger partial charge in [-0.25, -0.2) is 9.78 Å². The summed E-state index contributed by atoms with van der Waals surface area (Å²) < 4.78 is 22.0. The van der Waals surface area contributed by atoms with Gasteiger partial charge in [-0.1, -0.05) is 47.7 Å². The first-order valence-corrected chi connectivity index (χ1v) is 14.9. The van der Waals surface area contributed by atoms with Crippen LogP contribution in [0.5, 0.6) is 17.2 Å². The van der Waals surface area contributed by atoms with Crippen LogP contribution >= 0.6 is 11.3 Å². The van der Waals surface area contributed by atoms with Crippen molar-refractivity contribution in [3.8, 4) is 17.2 Å². The highest BCUT2D eigenvalue weighted by molar-refractivity contribution is 7.17. The van der Waals surface area contributed by atoms with Crippen LogP contribution in [0.1, 0.15) is 50.6 Å². The Bertz CT molecular complexity index is 1800. The van der Waals surface area contributed by atoms with E-state index in [1.807, 2.05) is 30.3 Å². The van der Waals surface area contributed by atoms with Gasteiger partial charge in [0.15, 0.2) is 16.6 Å². The molecule has 232 valence electrons. The fraction of sp³-hybridized carbons (Fsp3) is 0.235. The first-order chi connectivity index (χ1) is 21.7. The number of thiazole rings is 1. The molecule has 1 amide bonds. The van der Waals surface area contributed by atoms with Crippen molar-refractivity contribution >= 4 is 39.9 Å². The number of aryl methyl sites for hydroxylation is 2. The molecule has 1 aliphatic heterocycles. The van der Waals surface area contributed by atoms with Crippen molar-refractivity contribution in [3.05, 3.63) is 105 Å². The Morgan fingerprint density at radius 1 is 0.978 bits per heavy atom. The van der Waals surface area contributed by atoms with Gasteiger partial charge in [0.2, 0.25) is 0 Å². The monoisotopic (exact) mass is 628 g/mol. The smallest absolute Gasteiger partial charge is 0.350 e. The molecular formula is C34H32N2O8S. The summed E-state index contributed by atoms with van der Waals surface area (Å²) >= 11 is 0.935. The van der Waals surface area contributed by atoms with Crippen LogP contribution in [-0.4, -0.2) is 48.6 Å². The highest BCUT2D eigenvalue weighted by Crippen LogP contribution is 2.46. The van der Waals surface area contributed by atoms with Crippen molar-refractivity contribution in [1.82, 2.24) is 4.98 Å². The number of nitrogens with zero attached hydrogens (tertiary/aromatic N) is 2. The third kappa shape index (κ3) is 6.12. The van der Waals surface area contributed by atoms with E-state index in [9.17, 15) is 19.5 Å². The number of carbonyl (C=O) groups excluding carboxylic acids is 3. The Kier molecular flexibility index (Phi) is 9.19. The predicted molar refractivity (Wildman–Crippen MR) is 169 cm³/mol. The van der Waals surface area contributed by atoms with Gasteiger partial charge in [-0.3, -0.25) is 14.5 Å². The van der Waals surface area contributed by atoms with Gasteiger partial charge in [-0.2, -0.15) is 0 Å². The van der Waals surface area contributed by atoms with Crippen LogP contribution in [0.25, 0.3) is 5.76 Å². The Labute approximate surface area is 264 Å². The van der Waals surface area contributed by atoms with Crippen molar-refractivity contribution in [2.75, 3.05) is 25.7 Å². The molecule has 1 fully saturated rings. The zero-order valence-corrected chi connectivity index (χ0v) is 26.3. The Balaban J connectivity index is 1.61. The normalized spacial score (nSPS) is 15.7. The van der Waals surface area contributed by atoms with Gasteiger partial charge < -0.3 is 24.1 Å². The standard InChI is InChI=1S/C34H32N2O8S/c1-6-43-33(40)31-20(3)35-34(45-31)36-28(22-12-15-25(41-4)26(17-22)42-5)27(30(38)32(36)39)29(37)24-14-13-23(16-19(24)2)44-18-21-10-8-7-9-11-21/h7-17,28,37H,6,18H2,1-5H3/t28-/m0/s1. The predicted octanol–water partition coefficient (Wildman–Crippen LogP) is 6.16. The second-order valence-electron chi connectivity index (χ2n) is 10.2. The van der Waals surface area contributed by atoms with E-state index in [0.29, 0.717) is 46.2 Å². The average molecular weight is 629 g/mol. The number of amides is 1. The Morgan fingerprint density at radius 3 is 2.38 bits per heavy atom. The molecular weight excluding hydrogens is 596 g/mol. The van der Waals surface area contributed by atoms with Crippen LogP contribution in [0.3, 0.4) is 0 Å². The molecule has 11 heteroatoms. The molecule has 0 radical (unpaired) electrons. The van der Waals surface area contributed by atoms with E-state index in [-0.39, 0.29) is 27.9 Å². The summed E-state index contributed by atoms with van der Waals surface area (Å²) in [5.41, 5.74) is 2.65. The number of aliphatic hydroxyl groups excluding tert-OH is 1. The van der Waals surface area contributed by atoms with E-state index >= 15 is 0 Å². The van der Waals surface area contributed by atoms with Crippen LogP contribution in [0.2, 0.25) is 0 Å². The number of ether oxygens (including phenoxy) is 4. The molecule has 1 N–H and O–H groups in total. The fourth-order valence-electron chi connectivity index (χ4n) is 5.12. The van der Waals surface area contributed by atoms with Gasteiger partial charge in [0.25, 0.3) is 5.78 Å². The number of methoxy groups -OCH3 is 2. The molecule has 0 unspecified atom stereocenters. The van der Waals surface area contributed by atoms with Crippen LogP contribution in [0, 0.1) is 13.8 Å². The lowest BCUT2D eigenvalue weighted by Crippen LogP contribution is -2.29. The number of hydrogen-bond acceptors (Lipinski definition) is 10. The van der Waals surface area contributed by atoms with Crippen LogP contribution in [0.15, 0.2) is 72.3 Å². The van der Waals surface area contributed by atoms with Gasteiger partial charge >= 0.3 is 11.9 Å². The molecule has 5 rings (SSSR count). The van der Waals surface area contributed by atoms with Crippen molar-refractivity contribution in [3.63, 3.8) is 0 Å². The number of esters is 1. The Morgan fingerprint density at radius 2 is 1.71 bits per heavy atom. The lowest BCUT2D eigenvalue weighted by atomic mass is 9.93. The van der Waals surface area contributed by atoms with E-state index in [0.717, 1.165) is 16.9 Å². The largest absolute Gasteiger partial charge is 0.507 e. The number of hydrogen-bond donors (Lipinski definition) is 1. The summed E-state index contributed by atoms with van der Waals surface area (Å²) in [6.45, 7) is 5.61. The lowest BCUT2D eigenvalue weighted by Gasteiger charge is -2.24. The van der Waals surface area contributed by atoms with Crippen molar-refractivity contribution in [1.29, 1.82) is 0 Å². The minimum absolute atomic E-state index is 0.109. The number of aromatic nitrogens is 1. The first kappa shape index (κ1) is 31.3. The number of carbonyl (C=O) groups is 3. The molecule has 0 spiro atoms. The SMILES string of the molecule is CCOC(=O)c1sc(N2C(=O)C(=O)C(=C(O)c3ccc(OCc4ccccc4)cc3C)[C@@H]2c2ccc(OC)c(OC)c2)nc1C. The van der Waals surface area contributed by atoms with Gasteiger partial charge in [0.1, 0.15) is 23.0 Å². The summed E-state index contributed by atoms with van der Waals surface area (Å²) in [6.07, 6.45) is 0. The van der Waals surface area contributed by atoms with Crippen molar-refractivity contribution in [2.24, 2.45) is 0 Å². The molecule has 0 saturated carbocycles. The molecule has 1 aromatic heterocycles. The molecule has 10 nitrogen and oxygen atoms in total. The van der Waals surface area contributed by atoms with E-state index in [2.05, 4.69) is 4.98 Å². The van der Waals surface area contributed by atoms with Crippen LogP contribution < -0.4 is 19.1 Å². The number of Topliss-reactive ketones (excluding diaryl/α,β-unsaturated/α-hetero) is 1. The maximum Gasteiger partial charge on any atom is 0.350 e. The molecule has 0 bridgehead atoms. The number of rotatable bonds is 10. The number of ketones is 1. The van der Waals surface area contributed by atoms with Crippen molar-refractivity contribution in [2.45, 2.75) is 33.4 Å². The zero-order valence-electron chi connectivity index (χ0n) is 25.5. The summed E-state index contributed by atoms with van der Waals surface area (Å²) in [5, 5.41) is 11.8. The zero-order chi connectivity index (χ0) is 32.2. The van der Waals surface area contributed by atoms with Crippen molar-refractivity contribution < 1.29 is 38.4 Å². The number of anilines is 1. The lowest BCUT2D eigenvalue weighted by molar-refractivity contribution is -0.132. The summed E-state index contributed by atoms with van der Waals surface area (Å²) in [5.74, 6) is -1.36. The van der Waals surface area contributed by atoms with E-state index < -0.39 is 23.7 Å². The minimum atomic E-state index is -1.10. The number of benzene rings is 3. The minimum Gasteiger partial charge on any atom is -0.507 e. The molecule has 3 aromatic carbocycles. The maximum atomic E-state index is 13.7. The van der Waals surface area contributed by atoms with E-state index in [4.69, 9.17) is 18.9 Å². The first-order valence-electron chi connectivity index (χ1n) is 14.1. The maximum absolute atomic E-state index is 13.7. The van der Waals surface area contributed by atoms with Gasteiger partial charge in [0, 0.05) is 5.56 Å². The molecule has 1 saturated heterocycles. The second-order valence-corrected chi connectivity index (χ2v) is 11.1. The average Bonchev–Trinajstić information content (AvgIpc) is 3.55. The van der Waals surface area contributed by atoms with E-state index in [1.165, 1.54) is 19.1 Å². The quantitative estimate of drug-likeness (QED) is 0.0952. The topological polar surface area (TPSA) is 124 Å². The molecule has 45 heavy (non-hydrogen) atoms.